The number of hydrogen-bond acceptors (Lipinski definition) is 4. The minimum atomic E-state index is -0.165. The van der Waals surface area contributed by atoms with Crippen LogP contribution in [0.15, 0.2) is 35.1 Å². The average Bonchev–Trinajstić information content (AvgIpc) is 2.44. The number of para-hydroxylation sites is 1. The van der Waals surface area contributed by atoms with E-state index in [9.17, 15) is 4.79 Å². The topological polar surface area (TPSA) is 67.0 Å². The Bertz CT molecular complexity index is 635. The van der Waals surface area contributed by atoms with E-state index in [0.29, 0.717) is 29.9 Å². The maximum Gasteiger partial charge on any atom is 0.251 e. The average molecular weight is 273 g/mol. The summed E-state index contributed by atoms with van der Waals surface area (Å²) >= 11 is 0. The number of benzene rings is 1. The van der Waals surface area contributed by atoms with Crippen molar-refractivity contribution in [3.63, 3.8) is 0 Å². The van der Waals surface area contributed by atoms with Crippen LogP contribution in [-0.2, 0) is 6.54 Å². The van der Waals surface area contributed by atoms with Gasteiger partial charge in [0, 0.05) is 18.7 Å². The Morgan fingerprint density at radius 2 is 2.10 bits per heavy atom. The normalized spacial score (nSPS) is 10.8. The first-order chi connectivity index (χ1) is 9.60. The van der Waals surface area contributed by atoms with Gasteiger partial charge in [-0.2, -0.15) is 0 Å². The number of nitrogens with zero attached hydrogens (tertiary/aromatic N) is 1. The maximum atomic E-state index is 11.8. The van der Waals surface area contributed by atoms with Crippen LogP contribution in [0.5, 0.6) is 5.75 Å². The van der Waals surface area contributed by atoms with Crippen molar-refractivity contribution in [2.45, 2.75) is 26.4 Å². The second-order valence-corrected chi connectivity index (χ2v) is 4.82. The lowest BCUT2D eigenvalue weighted by atomic mass is 10.2. The molecule has 20 heavy (non-hydrogen) atoms. The number of H-pyrrole nitrogens is 1. The smallest absolute Gasteiger partial charge is 0.251 e. The number of hydrogen-bond donors (Lipinski definition) is 2. The second-order valence-electron chi connectivity index (χ2n) is 4.82. The van der Waals surface area contributed by atoms with Gasteiger partial charge < -0.3 is 15.0 Å². The maximum absolute atomic E-state index is 11.8. The van der Waals surface area contributed by atoms with Crippen LogP contribution in [-0.4, -0.2) is 23.1 Å². The van der Waals surface area contributed by atoms with Crippen LogP contribution in [0.1, 0.15) is 19.5 Å². The highest BCUT2D eigenvalue weighted by molar-refractivity contribution is 5.63. The van der Waals surface area contributed by atoms with E-state index in [4.69, 9.17) is 4.74 Å². The van der Waals surface area contributed by atoms with Gasteiger partial charge in [-0.15, -0.1) is 0 Å². The zero-order chi connectivity index (χ0) is 14.5. The van der Waals surface area contributed by atoms with Crippen LogP contribution < -0.4 is 15.6 Å². The van der Waals surface area contributed by atoms with Gasteiger partial charge in [0.1, 0.15) is 11.6 Å². The lowest BCUT2D eigenvalue weighted by molar-refractivity contribution is 0.416. The predicted molar refractivity (Wildman–Crippen MR) is 78.8 cm³/mol. The zero-order valence-electron chi connectivity index (χ0n) is 11.9. The molecular weight excluding hydrogens is 254 g/mol. The lowest BCUT2D eigenvalue weighted by Crippen LogP contribution is -2.24. The molecule has 0 amide bonds. The fourth-order valence-electron chi connectivity index (χ4n) is 1.88. The van der Waals surface area contributed by atoms with Crippen molar-refractivity contribution in [3.8, 4) is 17.1 Å². The van der Waals surface area contributed by atoms with Crippen molar-refractivity contribution < 1.29 is 4.74 Å². The number of ether oxygens (including phenoxy) is 1. The van der Waals surface area contributed by atoms with Crippen LogP contribution in [0.4, 0.5) is 0 Å². The highest BCUT2D eigenvalue weighted by Gasteiger charge is 2.09. The first-order valence-corrected chi connectivity index (χ1v) is 6.57. The number of aromatic nitrogens is 2. The molecule has 0 radical (unpaired) electrons. The predicted octanol–water partition coefficient (Wildman–Crippen LogP) is 1.94. The highest BCUT2D eigenvalue weighted by Crippen LogP contribution is 2.25. The zero-order valence-corrected chi connectivity index (χ0v) is 11.9. The Labute approximate surface area is 118 Å². The second kappa shape index (κ2) is 6.34. The van der Waals surface area contributed by atoms with Crippen LogP contribution in [0.25, 0.3) is 11.4 Å². The summed E-state index contributed by atoms with van der Waals surface area (Å²) in [6.45, 7) is 4.66. The lowest BCUT2D eigenvalue weighted by Gasteiger charge is -2.10. The van der Waals surface area contributed by atoms with E-state index in [-0.39, 0.29) is 5.56 Å². The number of nitrogens with one attached hydrogen (secondary N) is 2. The molecule has 2 aromatic rings. The van der Waals surface area contributed by atoms with Crippen molar-refractivity contribution in [1.29, 1.82) is 0 Å². The van der Waals surface area contributed by atoms with E-state index < -0.39 is 0 Å². The molecular formula is C15H19N3O2. The molecule has 0 spiro atoms. The van der Waals surface area contributed by atoms with Crippen LogP contribution in [0, 0.1) is 0 Å². The molecule has 0 fully saturated rings. The van der Waals surface area contributed by atoms with Gasteiger partial charge in [0.25, 0.3) is 5.56 Å². The van der Waals surface area contributed by atoms with Crippen molar-refractivity contribution >= 4 is 0 Å². The minimum absolute atomic E-state index is 0.165. The fraction of sp³-hybridized carbons (Fsp3) is 0.333. The Balaban J connectivity index is 2.39. The fourth-order valence-corrected chi connectivity index (χ4v) is 1.88. The third kappa shape index (κ3) is 3.45. The monoisotopic (exact) mass is 273 g/mol. The molecule has 0 aliphatic heterocycles. The van der Waals surface area contributed by atoms with Gasteiger partial charge in [-0.05, 0) is 12.1 Å². The largest absolute Gasteiger partial charge is 0.496 e. The molecule has 0 atom stereocenters. The Kier molecular flexibility index (Phi) is 4.53. The minimum Gasteiger partial charge on any atom is -0.496 e. The summed E-state index contributed by atoms with van der Waals surface area (Å²) in [4.78, 5) is 19.0. The van der Waals surface area contributed by atoms with Gasteiger partial charge in [0.05, 0.1) is 18.4 Å². The van der Waals surface area contributed by atoms with E-state index in [1.807, 2.05) is 38.1 Å². The van der Waals surface area contributed by atoms with E-state index in [2.05, 4.69) is 15.3 Å². The van der Waals surface area contributed by atoms with Gasteiger partial charge in [0.15, 0.2) is 0 Å². The Hall–Kier alpha value is -2.14. The third-order valence-electron chi connectivity index (χ3n) is 2.85. The van der Waals surface area contributed by atoms with Gasteiger partial charge in [-0.3, -0.25) is 4.79 Å². The molecule has 1 aromatic heterocycles. The number of aromatic amines is 1. The number of rotatable bonds is 5. The van der Waals surface area contributed by atoms with Crippen molar-refractivity contribution in [1.82, 2.24) is 15.3 Å². The quantitative estimate of drug-likeness (QED) is 0.873. The SMILES string of the molecule is COc1ccccc1-c1nc(CNC(C)C)cc(=O)[nH]1. The molecule has 0 saturated heterocycles. The first-order valence-electron chi connectivity index (χ1n) is 6.57. The summed E-state index contributed by atoms with van der Waals surface area (Å²) in [7, 11) is 1.60. The van der Waals surface area contributed by atoms with Gasteiger partial charge in [-0.25, -0.2) is 4.98 Å². The molecule has 1 aromatic carbocycles. The molecule has 0 aliphatic carbocycles. The molecule has 0 saturated carbocycles. The standard InChI is InChI=1S/C15H19N3O2/c1-10(2)16-9-11-8-14(19)18-15(17-11)12-6-4-5-7-13(12)20-3/h4-8,10,16H,9H2,1-3H3,(H,17,18,19). The summed E-state index contributed by atoms with van der Waals surface area (Å²) < 4.78 is 5.30. The van der Waals surface area contributed by atoms with Crippen LogP contribution >= 0.6 is 0 Å². The summed E-state index contributed by atoms with van der Waals surface area (Å²) in [5, 5.41) is 3.25. The molecule has 106 valence electrons. The van der Waals surface area contributed by atoms with E-state index in [1.165, 1.54) is 6.07 Å². The van der Waals surface area contributed by atoms with Crippen LogP contribution in [0.2, 0.25) is 0 Å². The Morgan fingerprint density at radius 3 is 2.80 bits per heavy atom. The number of methoxy groups -OCH3 is 1. The van der Waals surface area contributed by atoms with Crippen LogP contribution in [0.3, 0.4) is 0 Å². The van der Waals surface area contributed by atoms with Gasteiger partial charge in [-0.1, -0.05) is 26.0 Å². The molecule has 0 aliphatic rings. The molecule has 2 N–H and O–H groups in total. The van der Waals surface area contributed by atoms with Crippen molar-refractivity contribution in [3.05, 3.63) is 46.4 Å². The summed E-state index contributed by atoms with van der Waals surface area (Å²) in [6, 6.07) is 9.33. The summed E-state index contributed by atoms with van der Waals surface area (Å²) in [6.07, 6.45) is 0. The first kappa shape index (κ1) is 14.3. The molecule has 5 nitrogen and oxygen atoms in total. The molecule has 0 unspecified atom stereocenters. The van der Waals surface area contributed by atoms with Gasteiger partial charge >= 0.3 is 0 Å². The Morgan fingerprint density at radius 1 is 1.35 bits per heavy atom. The molecule has 5 heteroatoms. The highest BCUT2D eigenvalue weighted by atomic mass is 16.5. The van der Waals surface area contributed by atoms with E-state index >= 15 is 0 Å². The van der Waals surface area contributed by atoms with Crippen molar-refractivity contribution in [2.75, 3.05) is 7.11 Å². The van der Waals surface area contributed by atoms with E-state index in [0.717, 1.165) is 5.56 Å². The van der Waals surface area contributed by atoms with Gasteiger partial charge in [0.2, 0.25) is 0 Å². The summed E-state index contributed by atoms with van der Waals surface area (Å²) in [5.74, 6) is 1.21. The molecule has 1 heterocycles. The van der Waals surface area contributed by atoms with Crippen molar-refractivity contribution in [2.24, 2.45) is 0 Å². The summed E-state index contributed by atoms with van der Waals surface area (Å²) in [5.41, 5.74) is 1.32. The third-order valence-corrected chi connectivity index (χ3v) is 2.85. The van der Waals surface area contributed by atoms with E-state index in [1.54, 1.807) is 7.11 Å². The molecule has 2 rings (SSSR count). The molecule has 0 bridgehead atoms.